The van der Waals surface area contributed by atoms with Gasteiger partial charge in [-0.3, -0.25) is 4.79 Å². The van der Waals surface area contributed by atoms with E-state index in [1.165, 1.54) is 0 Å². The van der Waals surface area contributed by atoms with Gasteiger partial charge in [-0.2, -0.15) is 0 Å². The van der Waals surface area contributed by atoms with Crippen LogP contribution < -0.4 is 0 Å². The number of ketones is 1. The number of hydrogen-bond acceptors (Lipinski definition) is 3. The number of rotatable bonds is 1. The monoisotopic (exact) mass is 194 g/mol. The summed E-state index contributed by atoms with van der Waals surface area (Å²) in [6.45, 7) is 0. The quantitative estimate of drug-likeness (QED) is 0.583. The summed E-state index contributed by atoms with van der Waals surface area (Å²) >= 11 is 0. The van der Waals surface area contributed by atoms with Gasteiger partial charge in [0.25, 0.3) is 0 Å². The summed E-state index contributed by atoms with van der Waals surface area (Å²) in [5.41, 5.74) is 0. The molecule has 3 heteroatoms. The Labute approximate surface area is 83.1 Å². The molecule has 5 atom stereocenters. The highest BCUT2D eigenvalue weighted by Gasteiger charge is 2.54. The Hall–Kier alpha value is -0.670. The van der Waals surface area contributed by atoms with Crippen LogP contribution >= 0.6 is 0 Å². The second-order valence-electron chi connectivity index (χ2n) is 4.35. The molecule has 0 aromatic rings. The van der Waals surface area contributed by atoms with Crippen molar-refractivity contribution in [1.82, 2.24) is 0 Å². The van der Waals surface area contributed by atoms with Gasteiger partial charge in [-0.05, 0) is 6.42 Å². The van der Waals surface area contributed by atoms with Gasteiger partial charge in [0.05, 0.1) is 18.1 Å². The van der Waals surface area contributed by atoms with Crippen LogP contribution in [0.15, 0.2) is 12.2 Å². The van der Waals surface area contributed by atoms with Crippen molar-refractivity contribution in [3.63, 3.8) is 0 Å². The molecule has 0 spiro atoms. The maximum Gasteiger partial charge on any atom is 0.139 e. The molecule has 1 saturated heterocycles. The lowest BCUT2D eigenvalue weighted by atomic mass is 9.90. The van der Waals surface area contributed by atoms with Gasteiger partial charge in [-0.15, -0.1) is 0 Å². The molecule has 2 bridgehead atoms. The number of ether oxygens (including phenoxy) is 2. The third-order valence-electron chi connectivity index (χ3n) is 3.73. The summed E-state index contributed by atoms with van der Waals surface area (Å²) < 4.78 is 11.1. The van der Waals surface area contributed by atoms with Crippen molar-refractivity contribution in [2.24, 2.45) is 11.8 Å². The maximum atomic E-state index is 11.6. The summed E-state index contributed by atoms with van der Waals surface area (Å²) in [6, 6.07) is 0. The molecular formula is C11H14O3. The molecule has 1 aliphatic carbocycles. The molecule has 0 radical (unpaired) electrons. The fourth-order valence-corrected chi connectivity index (χ4v) is 3.08. The predicted molar refractivity (Wildman–Crippen MR) is 49.8 cm³/mol. The van der Waals surface area contributed by atoms with Crippen LogP contribution in [-0.4, -0.2) is 31.2 Å². The van der Waals surface area contributed by atoms with Crippen LogP contribution in [0.25, 0.3) is 0 Å². The third-order valence-corrected chi connectivity index (χ3v) is 3.73. The Balaban J connectivity index is 1.94. The highest BCUT2D eigenvalue weighted by molar-refractivity contribution is 5.85. The lowest BCUT2D eigenvalue weighted by Crippen LogP contribution is -2.33. The normalized spacial score (nSPS) is 49.8. The predicted octanol–water partition coefficient (Wildman–Crippen LogP) is 0.934. The SMILES string of the molecule is CO[C@H]1C=C[C@@H]2O[C@H]1[C@H]1CCC(=O)[C@H]12. The second kappa shape index (κ2) is 2.91. The molecule has 0 unspecified atom stereocenters. The molecule has 3 nitrogen and oxygen atoms in total. The maximum absolute atomic E-state index is 11.6. The molecule has 3 aliphatic rings. The van der Waals surface area contributed by atoms with Gasteiger partial charge in [0, 0.05) is 19.4 Å². The highest BCUT2D eigenvalue weighted by Crippen LogP contribution is 2.46. The van der Waals surface area contributed by atoms with Gasteiger partial charge in [-0.1, -0.05) is 12.2 Å². The molecule has 2 aliphatic heterocycles. The smallest absolute Gasteiger partial charge is 0.139 e. The molecule has 1 saturated carbocycles. The van der Waals surface area contributed by atoms with Crippen molar-refractivity contribution in [2.75, 3.05) is 7.11 Å². The van der Waals surface area contributed by atoms with E-state index in [4.69, 9.17) is 9.47 Å². The summed E-state index contributed by atoms with van der Waals surface area (Å²) in [5, 5.41) is 0. The minimum Gasteiger partial charge on any atom is -0.375 e. The van der Waals surface area contributed by atoms with Gasteiger partial charge in [-0.25, -0.2) is 0 Å². The van der Waals surface area contributed by atoms with E-state index in [1.54, 1.807) is 7.11 Å². The van der Waals surface area contributed by atoms with Crippen molar-refractivity contribution < 1.29 is 14.3 Å². The standard InChI is InChI=1S/C11H14O3/c1-13-9-5-4-8-10-6(11(9)14-8)2-3-7(10)12/h4-6,8-11H,2-3H2,1H3/t6-,8-,9-,10-,11-/m0/s1. The molecular weight excluding hydrogens is 180 g/mol. The van der Waals surface area contributed by atoms with E-state index in [1.807, 2.05) is 12.2 Å². The molecule has 0 amide bonds. The van der Waals surface area contributed by atoms with Crippen LogP contribution in [-0.2, 0) is 14.3 Å². The van der Waals surface area contributed by atoms with Crippen molar-refractivity contribution in [1.29, 1.82) is 0 Å². The molecule has 2 heterocycles. The average molecular weight is 194 g/mol. The topological polar surface area (TPSA) is 35.5 Å². The van der Waals surface area contributed by atoms with Gasteiger partial charge in [0.15, 0.2) is 0 Å². The summed E-state index contributed by atoms with van der Waals surface area (Å²) in [4.78, 5) is 11.6. The first-order chi connectivity index (χ1) is 6.81. The van der Waals surface area contributed by atoms with Crippen LogP contribution in [0.2, 0.25) is 0 Å². The van der Waals surface area contributed by atoms with Gasteiger partial charge >= 0.3 is 0 Å². The zero-order chi connectivity index (χ0) is 9.71. The van der Waals surface area contributed by atoms with Crippen LogP contribution in [0, 0.1) is 11.8 Å². The van der Waals surface area contributed by atoms with Gasteiger partial charge < -0.3 is 9.47 Å². The van der Waals surface area contributed by atoms with E-state index in [0.29, 0.717) is 11.7 Å². The number of fused-ring (bicyclic) bond motifs is 5. The van der Waals surface area contributed by atoms with E-state index >= 15 is 0 Å². The van der Waals surface area contributed by atoms with E-state index in [-0.39, 0.29) is 24.2 Å². The van der Waals surface area contributed by atoms with Crippen LogP contribution in [0.3, 0.4) is 0 Å². The van der Waals surface area contributed by atoms with E-state index in [0.717, 1.165) is 12.8 Å². The largest absolute Gasteiger partial charge is 0.375 e. The Kier molecular flexibility index (Phi) is 1.79. The number of carbonyl (C=O) groups is 1. The summed E-state index contributed by atoms with van der Waals surface area (Å²) in [7, 11) is 1.70. The van der Waals surface area contributed by atoms with Crippen LogP contribution in [0.5, 0.6) is 0 Å². The van der Waals surface area contributed by atoms with Crippen molar-refractivity contribution in [3.05, 3.63) is 12.2 Å². The molecule has 3 rings (SSSR count). The highest BCUT2D eigenvalue weighted by atomic mass is 16.5. The number of methoxy groups -OCH3 is 1. The van der Waals surface area contributed by atoms with Gasteiger partial charge in [0.1, 0.15) is 11.9 Å². The first-order valence-electron chi connectivity index (χ1n) is 5.20. The Morgan fingerprint density at radius 3 is 3.14 bits per heavy atom. The van der Waals surface area contributed by atoms with E-state index < -0.39 is 0 Å². The minimum atomic E-state index is 0.0337. The van der Waals surface area contributed by atoms with Crippen LogP contribution in [0.4, 0.5) is 0 Å². The lowest BCUT2D eigenvalue weighted by molar-refractivity contribution is -0.122. The molecule has 14 heavy (non-hydrogen) atoms. The van der Waals surface area contributed by atoms with Crippen LogP contribution in [0.1, 0.15) is 12.8 Å². The molecule has 0 N–H and O–H groups in total. The summed E-state index contributed by atoms with van der Waals surface area (Å²) in [5.74, 6) is 0.896. The Morgan fingerprint density at radius 2 is 2.36 bits per heavy atom. The first kappa shape index (κ1) is 8.62. The van der Waals surface area contributed by atoms with Gasteiger partial charge in [0.2, 0.25) is 0 Å². The average Bonchev–Trinajstić information content (AvgIpc) is 2.70. The molecule has 0 aromatic heterocycles. The number of hydrogen-bond donors (Lipinski definition) is 0. The second-order valence-corrected chi connectivity index (χ2v) is 4.35. The molecule has 76 valence electrons. The van der Waals surface area contributed by atoms with Crippen molar-refractivity contribution in [3.8, 4) is 0 Å². The Bertz CT molecular complexity index is 297. The lowest BCUT2D eigenvalue weighted by Gasteiger charge is -2.25. The fraction of sp³-hybridized carbons (Fsp3) is 0.727. The number of carbonyl (C=O) groups excluding carboxylic acids is 1. The summed E-state index contributed by atoms with van der Waals surface area (Å²) in [6.07, 6.45) is 5.95. The first-order valence-corrected chi connectivity index (χ1v) is 5.20. The fourth-order valence-electron chi connectivity index (χ4n) is 3.08. The zero-order valence-electron chi connectivity index (χ0n) is 8.18. The zero-order valence-corrected chi connectivity index (χ0v) is 8.18. The van der Waals surface area contributed by atoms with Crippen molar-refractivity contribution >= 4 is 5.78 Å². The molecule has 0 aromatic carbocycles. The Morgan fingerprint density at radius 1 is 1.50 bits per heavy atom. The van der Waals surface area contributed by atoms with E-state index in [2.05, 4.69) is 0 Å². The number of Topliss-reactive ketones (excluding diaryl/α,β-unsaturated/α-hetero) is 1. The van der Waals surface area contributed by atoms with E-state index in [9.17, 15) is 4.79 Å². The minimum absolute atomic E-state index is 0.0337. The van der Waals surface area contributed by atoms with Crippen molar-refractivity contribution in [2.45, 2.75) is 31.2 Å². The third kappa shape index (κ3) is 0.969. The molecule has 2 fully saturated rings.